The third-order valence-corrected chi connectivity index (χ3v) is 3.31. The summed E-state index contributed by atoms with van der Waals surface area (Å²) in [7, 11) is 0. The highest BCUT2D eigenvalue weighted by atomic mass is 32.1. The Labute approximate surface area is 88.4 Å². The van der Waals surface area contributed by atoms with E-state index in [2.05, 4.69) is 4.98 Å². The molecule has 0 spiro atoms. The lowest BCUT2D eigenvalue weighted by Gasteiger charge is -1.94. The van der Waals surface area contributed by atoms with Crippen molar-refractivity contribution in [2.75, 3.05) is 0 Å². The van der Waals surface area contributed by atoms with Crippen molar-refractivity contribution in [3.8, 4) is 0 Å². The van der Waals surface area contributed by atoms with E-state index in [-0.39, 0.29) is 0 Å². The number of aromatic carboxylic acids is 1. The second-order valence-electron chi connectivity index (χ2n) is 3.17. The molecule has 2 aromatic heterocycles. The first-order chi connectivity index (χ1) is 7.25. The largest absolute Gasteiger partial charge is 0.478 e. The maximum absolute atomic E-state index is 10.8. The molecule has 0 fully saturated rings. The van der Waals surface area contributed by atoms with Gasteiger partial charge in [0, 0.05) is 12.4 Å². The summed E-state index contributed by atoms with van der Waals surface area (Å²) in [6.07, 6.45) is 3.60. The molecule has 74 valence electrons. The first kappa shape index (κ1) is 8.43. The Morgan fingerprint density at radius 1 is 1.47 bits per heavy atom. The van der Waals surface area contributed by atoms with Gasteiger partial charge in [-0.3, -0.25) is 4.40 Å². The van der Waals surface area contributed by atoms with Gasteiger partial charge < -0.3 is 5.11 Å². The summed E-state index contributed by atoms with van der Waals surface area (Å²) in [5.74, 6) is -0.900. The van der Waals surface area contributed by atoms with Gasteiger partial charge in [-0.15, -0.1) is 0 Å². The summed E-state index contributed by atoms with van der Waals surface area (Å²) in [6, 6.07) is 5.10. The highest BCUT2D eigenvalue weighted by molar-refractivity contribution is 7.23. The van der Waals surface area contributed by atoms with Crippen molar-refractivity contribution in [2.24, 2.45) is 0 Å². The fourth-order valence-electron chi connectivity index (χ4n) is 1.57. The molecule has 2 heterocycles. The van der Waals surface area contributed by atoms with Crippen LogP contribution in [0.15, 0.2) is 30.6 Å². The molecule has 0 amide bonds. The molecule has 0 aliphatic carbocycles. The van der Waals surface area contributed by atoms with E-state index in [1.54, 1.807) is 18.3 Å². The Kier molecular flexibility index (Phi) is 1.58. The molecule has 1 aromatic carbocycles. The molecule has 0 radical (unpaired) electrons. The number of fused-ring (bicyclic) bond motifs is 3. The van der Waals surface area contributed by atoms with Crippen molar-refractivity contribution in [2.45, 2.75) is 0 Å². The van der Waals surface area contributed by atoms with Gasteiger partial charge in [-0.2, -0.15) is 0 Å². The van der Waals surface area contributed by atoms with E-state index in [0.29, 0.717) is 5.56 Å². The highest BCUT2D eigenvalue weighted by Gasteiger charge is 2.08. The van der Waals surface area contributed by atoms with Crippen LogP contribution in [0.25, 0.3) is 15.2 Å². The van der Waals surface area contributed by atoms with Crippen LogP contribution >= 0.6 is 11.3 Å². The Bertz CT molecular complexity index is 668. The van der Waals surface area contributed by atoms with Gasteiger partial charge in [0.05, 0.1) is 15.8 Å². The van der Waals surface area contributed by atoms with Gasteiger partial charge in [-0.25, -0.2) is 9.78 Å². The number of carboxylic acids is 1. The molecule has 0 unspecified atom stereocenters. The quantitative estimate of drug-likeness (QED) is 0.681. The van der Waals surface area contributed by atoms with Crippen molar-refractivity contribution in [1.29, 1.82) is 0 Å². The van der Waals surface area contributed by atoms with Crippen molar-refractivity contribution in [1.82, 2.24) is 9.38 Å². The minimum absolute atomic E-state index is 0.312. The summed E-state index contributed by atoms with van der Waals surface area (Å²) >= 11 is 1.49. The third-order valence-electron chi connectivity index (χ3n) is 2.27. The average molecular weight is 218 g/mol. The Morgan fingerprint density at radius 3 is 3.13 bits per heavy atom. The molecule has 1 N–H and O–H groups in total. The topological polar surface area (TPSA) is 54.6 Å². The molecule has 0 bridgehead atoms. The molecule has 0 aliphatic rings. The van der Waals surface area contributed by atoms with Crippen molar-refractivity contribution in [3.63, 3.8) is 0 Å². The molecule has 0 aliphatic heterocycles. The lowest BCUT2D eigenvalue weighted by molar-refractivity contribution is 0.0697. The van der Waals surface area contributed by atoms with Crippen molar-refractivity contribution in [3.05, 3.63) is 36.2 Å². The minimum Gasteiger partial charge on any atom is -0.478 e. The fourth-order valence-corrected chi connectivity index (χ4v) is 2.60. The van der Waals surface area contributed by atoms with Gasteiger partial charge in [-0.1, -0.05) is 11.3 Å². The lowest BCUT2D eigenvalue weighted by atomic mass is 10.2. The summed E-state index contributed by atoms with van der Waals surface area (Å²) < 4.78 is 2.89. The summed E-state index contributed by atoms with van der Waals surface area (Å²) in [6.45, 7) is 0. The first-order valence-electron chi connectivity index (χ1n) is 4.34. The highest BCUT2D eigenvalue weighted by Crippen LogP contribution is 2.26. The van der Waals surface area contributed by atoms with Crippen LogP contribution in [0.3, 0.4) is 0 Å². The van der Waals surface area contributed by atoms with E-state index in [4.69, 9.17) is 5.11 Å². The molecule has 15 heavy (non-hydrogen) atoms. The van der Waals surface area contributed by atoms with Crippen LogP contribution in [0, 0.1) is 0 Å². The second-order valence-corrected chi connectivity index (χ2v) is 4.18. The van der Waals surface area contributed by atoms with Gasteiger partial charge in [0.1, 0.15) is 0 Å². The van der Waals surface area contributed by atoms with Gasteiger partial charge >= 0.3 is 5.97 Å². The molecular formula is C10H6N2O2S. The zero-order valence-electron chi connectivity index (χ0n) is 7.54. The van der Waals surface area contributed by atoms with E-state index in [0.717, 1.165) is 15.2 Å². The maximum Gasteiger partial charge on any atom is 0.335 e. The van der Waals surface area contributed by atoms with Gasteiger partial charge in [-0.05, 0) is 18.2 Å². The minimum atomic E-state index is -0.900. The monoisotopic (exact) mass is 218 g/mol. The number of hydrogen-bond donors (Lipinski definition) is 1. The van der Waals surface area contributed by atoms with Crippen LogP contribution in [0.5, 0.6) is 0 Å². The Hall–Kier alpha value is -1.88. The summed E-state index contributed by atoms with van der Waals surface area (Å²) in [5.41, 5.74) is 1.31. The van der Waals surface area contributed by atoms with Crippen molar-refractivity contribution < 1.29 is 9.90 Å². The number of aromatic nitrogens is 2. The fraction of sp³-hybridized carbons (Fsp3) is 0. The predicted molar refractivity (Wildman–Crippen MR) is 57.5 cm³/mol. The molecule has 3 rings (SSSR count). The van der Waals surface area contributed by atoms with E-state index in [9.17, 15) is 4.79 Å². The number of hydrogen-bond acceptors (Lipinski definition) is 3. The molecule has 0 atom stereocenters. The second kappa shape index (κ2) is 2.80. The van der Waals surface area contributed by atoms with E-state index in [1.807, 2.05) is 16.7 Å². The number of imidazole rings is 1. The van der Waals surface area contributed by atoms with Crippen LogP contribution in [0.4, 0.5) is 0 Å². The van der Waals surface area contributed by atoms with Crippen LogP contribution in [-0.2, 0) is 0 Å². The zero-order chi connectivity index (χ0) is 10.4. The summed E-state index contributed by atoms with van der Waals surface area (Å²) in [4.78, 5) is 15.8. The standard InChI is InChI=1S/C10H6N2O2S/c13-9(14)6-1-2-7-8(5-6)15-10-11-3-4-12(7)10/h1-5H,(H,13,14). The number of carboxylic acid groups (broad SMARTS) is 1. The smallest absolute Gasteiger partial charge is 0.335 e. The molecular weight excluding hydrogens is 212 g/mol. The normalized spacial score (nSPS) is 11.2. The average Bonchev–Trinajstić information content (AvgIpc) is 2.75. The van der Waals surface area contributed by atoms with E-state index < -0.39 is 5.97 Å². The SMILES string of the molecule is O=C(O)c1ccc2c(c1)sc1nccn12. The Balaban J connectivity index is 2.40. The third kappa shape index (κ3) is 1.13. The first-order valence-corrected chi connectivity index (χ1v) is 5.16. The van der Waals surface area contributed by atoms with Gasteiger partial charge in [0.25, 0.3) is 0 Å². The number of rotatable bonds is 1. The van der Waals surface area contributed by atoms with Crippen LogP contribution in [0.1, 0.15) is 10.4 Å². The Morgan fingerprint density at radius 2 is 2.33 bits per heavy atom. The van der Waals surface area contributed by atoms with Crippen molar-refractivity contribution >= 4 is 32.5 Å². The number of nitrogens with zero attached hydrogens (tertiary/aromatic N) is 2. The van der Waals surface area contributed by atoms with Crippen LogP contribution in [-0.4, -0.2) is 20.5 Å². The van der Waals surface area contributed by atoms with Gasteiger partial charge in [0.15, 0.2) is 4.96 Å². The zero-order valence-corrected chi connectivity index (χ0v) is 8.36. The molecule has 5 heteroatoms. The molecule has 0 saturated carbocycles. The van der Waals surface area contributed by atoms with Crippen LogP contribution in [0.2, 0.25) is 0 Å². The molecule has 3 aromatic rings. The number of thiazole rings is 1. The number of carbonyl (C=O) groups is 1. The van der Waals surface area contributed by atoms with E-state index in [1.165, 1.54) is 11.3 Å². The number of benzene rings is 1. The van der Waals surface area contributed by atoms with E-state index >= 15 is 0 Å². The van der Waals surface area contributed by atoms with Crippen LogP contribution < -0.4 is 0 Å². The lowest BCUT2D eigenvalue weighted by Crippen LogP contribution is -1.94. The summed E-state index contributed by atoms with van der Waals surface area (Å²) in [5, 5.41) is 8.85. The maximum atomic E-state index is 10.8. The predicted octanol–water partition coefficient (Wildman–Crippen LogP) is 2.25. The van der Waals surface area contributed by atoms with Gasteiger partial charge in [0.2, 0.25) is 0 Å². The molecule has 4 nitrogen and oxygen atoms in total. The molecule has 0 saturated heterocycles.